The molecule has 3 aliphatic rings. The molecule has 1 unspecified atom stereocenters. The van der Waals surface area contributed by atoms with Gasteiger partial charge in [0.1, 0.15) is 5.82 Å². The number of halogens is 2. The van der Waals surface area contributed by atoms with Crippen molar-refractivity contribution >= 4 is 17.5 Å². The fourth-order valence-corrected chi connectivity index (χ4v) is 7.23. The molecule has 2 fully saturated rings. The lowest BCUT2D eigenvalue weighted by molar-refractivity contribution is -0.190. The highest BCUT2D eigenvalue weighted by molar-refractivity contribution is 6.30. The van der Waals surface area contributed by atoms with Crippen molar-refractivity contribution in [1.29, 1.82) is 5.26 Å². The summed E-state index contributed by atoms with van der Waals surface area (Å²) in [5, 5.41) is 32.0. The summed E-state index contributed by atoms with van der Waals surface area (Å²) in [4.78, 5) is 18.3. The van der Waals surface area contributed by atoms with Crippen molar-refractivity contribution in [3.05, 3.63) is 105 Å². The molecule has 2 aliphatic heterocycles. The first-order valence-electron chi connectivity index (χ1n) is 15.3. The minimum Gasteiger partial charge on any atom is -0.393 e. The largest absolute Gasteiger partial charge is 0.393 e. The molecule has 3 aromatic carbocycles. The standard InChI is InChI=1S/C35H37ClFN3O4/c1-3-34(43,24-12-14-39(2)15-13-24)26-16-30-32(31(37)17-26)35(44-29-18-28(41)19-29,25-8-10-27(36)11-9-25)40(33(30)42)21-23-6-4-22(20-38)5-7-23/h4-11,16-17,24,28-29,41,43H,3,12-15,18-19,21H2,1-2H3/t28-,29+,34?,35-/m1/s1. The Kier molecular flexibility index (Phi) is 8.29. The minimum atomic E-state index is -1.66. The Hall–Kier alpha value is -3.32. The van der Waals surface area contributed by atoms with Crippen LogP contribution in [0.2, 0.25) is 5.02 Å². The SMILES string of the molecule is CCC(O)(c1cc(F)c2c(c1)C(=O)N(Cc1ccc(C#N)cc1)[C@@]2(O[C@H]1C[C@@H](O)C1)c1ccc(Cl)cc1)C1CCN(C)CC1. The van der Waals surface area contributed by atoms with E-state index in [0.717, 1.165) is 31.5 Å². The Balaban J connectivity index is 1.53. The van der Waals surface area contributed by atoms with Gasteiger partial charge >= 0.3 is 0 Å². The van der Waals surface area contributed by atoms with Crippen molar-refractivity contribution in [2.75, 3.05) is 20.1 Å². The van der Waals surface area contributed by atoms with Crippen LogP contribution in [0.3, 0.4) is 0 Å². The maximum absolute atomic E-state index is 16.9. The lowest BCUT2D eigenvalue weighted by atomic mass is 9.73. The van der Waals surface area contributed by atoms with E-state index in [2.05, 4.69) is 18.0 Å². The third kappa shape index (κ3) is 5.21. The zero-order chi connectivity index (χ0) is 31.2. The summed E-state index contributed by atoms with van der Waals surface area (Å²) >= 11 is 6.27. The summed E-state index contributed by atoms with van der Waals surface area (Å²) < 4.78 is 23.6. The fraction of sp³-hybridized carbons (Fsp3) is 0.429. The first kappa shape index (κ1) is 30.7. The van der Waals surface area contributed by atoms with Crippen LogP contribution in [0.1, 0.15) is 77.2 Å². The average molecular weight is 618 g/mol. The first-order chi connectivity index (χ1) is 21.1. The maximum atomic E-state index is 16.9. The van der Waals surface area contributed by atoms with E-state index in [9.17, 15) is 20.3 Å². The summed E-state index contributed by atoms with van der Waals surface area (Å²) in [6.45, 7) is 3.63. The summed E-state index contributed by atoms with van der Waals surface area (Å²) in [6, 6.07) is 18.9. The van der Waals surface area contributed by atoms with Gasteiger partial charge in [-0.25, -0.2) is 4.39 Å². The van der Waals surface area contributed by atoms with Crippen molar-refractivity contribution in [2.45, 2.75) is 69.1 Å². The molecule has 1 amide bonds. The van der Waals surface area contributed by atoms with Gasteiger partial charge in [0.15, 0.2) is 0 Å². The van der Waals surface area contributed by atoms with Gasteiger partial charge in [-0.1, -0.05) is 42.8 Å². The predicted molar refractivity (Wildman–Crippen MR) is 164 cm³/mol. The van der Waals surface area contributed by atoms with Crippen molar-refractivity contribution in [3.8, 4) is 6.07 Å². The van der Waals surface area contributed by atoms with Crippen LogP contribution >= 0.6 is 11.6 Å². The van der Waals surface area contributed by atoms with Gasteiger partial charge in [0.25, 0.3) is 5.91 Å². The zero-order valence-corrected chi connectivity index (χ0v) is 25.7. The molecule has 6 rings (SSSR count). The minimum absolute atomic E-state index is 0.0684. The van der Waals surface area contributed by atoms with Gasteiger partial charge in [-0.15, -0.1) is 0 Å². The molecular weight excluding hydrogens is 581 g/mol. The van der Waals surface area contributed by atoms with E-state index in [-0.39, 0.29) is 23.6 Å². The van der Waals surface area contributed by atoms with E-state index in [1.54, 1.807) is 54.6 Å². The highest BCUT2D eigenvalue weighted by atomic mass is 35.5. The van der Waals surface area contributed by atoms with Crippen molar-refractivity contribution in [2.24, 2.45) is 5.92 Å². The molecule has 0 radical (unpaired) electrons. The topological polar surface area (TPSA) is 97.0 Å². The van der Waals surface area contributed by atoms with Crippen molar-refractivity contribution < 1.29 is 24.1 Å². The molecule has 2 heterocycles. The predicted octanol–water partition coefficient (Wildman–Crippen LogP) is 5.69. The van der Waals surface area contributed by atoms with Crippen LogP contribution in [0.25, 0.3) is 0 Å². The molecular formula is C35H37ClFN3O4. The molecule has 2 atom stereocenters. The van der Waals surface area contributed by atoms with Crippen LogP contribution in [-0.2, 0) is 22.6 Å². The molecule has 230 valence electrons. The summed E-state index contributed by atoms with van der Waals surface area (Å²) in [5.74, 6) is -1.15. The van der Waals surface area contributed by atoms with Gasteiger partial charge in [0, 0.05) is 17.1 Å². The smallest absolute Gasteiger partial charge is 0.257 e. The molecule has 2 N–H and O–H groups in total. The van der Waals surface area contributed by atoms with E-state index in [1.165, 1.54) is 11.0 Å². The zero-order valence-electron chi connectivity index (χ0n) is 25.0. The highest BCUT2D eigenvalue weighted by Crippen LogP contribution is 2.51. The van der Waals surface area contributed by atoms with Crippen LogP contribution in [0.5, 0.6) is 0 Å². The summed E-state index contributed by atoms with van der Waals surface area (Å²) in [6.07, 6.45) is 1.66. The third-order valence-corrected chi connectivity index (χ3v) is 10.0. The van der Waals surface area contributed by atoms with E-state index < -0.39 is 35.3 Å². The van der Waals surface area contributed by atoms with Crippen LogP contribution in [0.15, 0.2) is 60.7 Å². The van der Waals surface area contributed by atoms with Crippen molar-refractivity contribution in [3.63, 3.8) is 0 Å². The average Bonchev–Trinajstić information content (AvgIpc) is 3.24. The maximum Gasteiger partial charge on any atom is 0.257 e. The van der Waals surface area contributed by atoms with E-state index in [4.69, 9.17) is 16.3 Å². The van der Waals surface area contributed by atoms with Gasteiger partial charge < -0.3 is 19.8 Å². The molecule has 9 heteroatoms. The van der Waals surface area contributed by atoms with Crippen LogP contribution < -0.4 is 0 Å². The Labute approximate surface area is 262 Å². The molecule has 0 bridgehead atoms. The Morgan fingerprint density at radius 3 is 2.36 bits per heavy atom. The Bertz CT molecular complexity index is 1580. The first-order valence-corrected chi connectivity index (χ1v) is 15.6. The molecule has 44 heavy (non-hydrogen) atoms. The molecule has 0 aromatic heterocycles. The van der Waals surface area contributed by atoms with E-state index in [0.29, 0.717) is 41.0 Å². The number of piperidine rings is 1. The van der Waals surface area contributed by atoms with E-state index >= 15 is 4.39 Å². The molecule has 1 saturated heterocycles. The van der Waals surface area contributed by atoms with Gasteiger partial charge in [0.05, 0.1) is 40.6 Å². The number of nitrogens with zero attached hydrogens (tertiary/aromatic N) is 3. The molecule has 0 spiro atoms. The number of benzene rings is 3. The number of aliphatic hydroxyl groups excluding tert-OH is 1. The van der Waals surface area contributed by atoms with Crippen LogP contribution in [0, 0.1) is 23.1 Å². The van der Waals surface area contributed by atoms with E-state index in [1.807, 2.05) is 6.92 Å². The second-order valence-corrected chi connectivity index (χ2v) is 12.9. The number of nitriles is 1. The number of ether oxygens (including phenoxy) is 1. The number of carbonyl (C=O) groups excluding carboxylic acids is 1. The molecule has 1 aliphatic carbocycles. The normalized spacial score (nSPS) is 25.3. The monoisotopic (exact) mass is 617 g/mol. The highest BCUT2D eigenvalue weighted by Gasteiger charge is 2.57. The summed E-state index contributed by atoms with van der Waals surface area (Å²) in [7, 11) is 2.05. The number of rotatable bonds is 8. The number of hydrogen-bond acceptors (Lipinski definition) is 6. The number of carbonyl (C=O) groups is 1. The lowest BCUT2D eigenvalue weighted by Crippen LogP contribution is -2.51. The quantitative estimate of drug-likeness (QED) is 0.337. The van der Waals surface area contributed by atoms with Crippen molar-refractivity contribution in [1.82, 2.24) is 9.80 Å². The Morgan fingerprint density at radius 2 is 1.77 bits per heavy atom. The van der Waals surface area contributed by atoms with Gasteiger partial charge in [-0.3, -0.25) is 9.69 Å². The van der Waals surface area contributed by atoms with Gasteiger partial charge in [-0.05, 0) is 106 Å². The van der Waals surface area contributed by atoms with Gasteiger partial charge in [-0.2, -0.15) is 5.26 Å². The number of fused-ring (bicyclic) bond motifs is 1. The number of likely N-dealkylation sites (tertiary alicyclic amines) is 1. The second kappa shape index (κ2) is 11.9. The molecule has 3 aromatic rings. The molecule has 7 nitrogen and oxygen atoms in total. The molecule has 1 saturated carbocycles. The number of hydrogen-bond donors (Lipinski definition) is 2. The fourth-order valence-electron chi connectivity index (χ4n) is 7.10. The van der Waals surface area contributed by atoms with Crippen LogP contribution in [-0.4, -0.2) is 58.3 Å². The number of amides is 1. The third-order valence-electron chi connectivity index (χ3n) is 9.78. The second-order valence-electron chi connectivity index (χ2n) is 12.5. The number of aliphatic hydroxyl groups is 2. The summed E-state index contributed by atoms with van der Waals surface area (Å²) in [5.41, 5.74) is -0.598. The lowest BCUT2D eigenvalue weighted by Gasteiger charge is -2.45. The van der Waals surface area contributed by atoms with Crippen LogP contribution in [0.4, 0.5) is 4.39 Å². The van der Waals surface area contributed by atoms with Gasteiger partial charge in [0.2, 0.25) is 5.72 Å². The Morgan fingerprint density at radius 1 is 1.11 bits per heavy atom.